The summed E-state index contributed by atoms with van der Waals surface area (Å²) in [5.74, 6) is -2.34. The fourth-order valence-electron chi connectivity index (χ4n) is 2.47. The zero-order valence-corrected chi connectivity index (χ0v) is 14.1. The third-order valence-corrected chi connectivity index (χ3v) is 5.59. The third kappa shape index (κ3) is 3.25. The second-order valence-corrected chi connectivity index (χ2v) is 7.43. The number of fused-ring (bicyclic) bond motifs is 1. The predicted molar refractivity (Wildman–Crippen MR) is 84.1 cm³/mol. The minimum Gasteiger partial charge on any atom is -0.481 e. The summed E-state index contributed by atoms with van der Waals surface area (Å²) in [4.78, 5) is 34.6. The molecule has 0 saturated carbocycles. The van der Waals surface area contributed by atoms with Gasteiger partial charge in [0.1, 0.15) is 4.90 Å². The van der Waals surface area contributed by atoms with E-state index in [-0.39, 0.29) is 41.5 Å². The van der Waals surface area contributed by atoms with Gasteiger partial charge < -0.3 is 10.4 Å². The molecule has 0 aliphatic carbocycles. The molecule has 1 atom stereocenters. The Bertz CT molecular complexity index is 802. The zero-order valence-electron chi connectivity index (χ0n) is 13.3. The molecule has 1 heterocycles. The zero-order chi connectivity index (χ0) is 18.1. The first-order valence-electron chi connectivity index (χ1n) is 7.39. The fourth-order valence-corrected chi connectivity index (χ4v) is 4.07. The molecule has 0 bridgehead atoms. The van der Waals surface area contributed by atoms with E-state index in [0.29, 0.717) is 0 Å². The van der Waals surface area contributed by atoms with E-state index < -0.39 is 27.8 Å². The maximum absolute atomic E-state index is 12.3. The van der Waals surface area contributed by atoms with Crippen molar-refractivity contribution in [2.75, 3.05) is 13.1 Å². The second kappa shape index (κ2) is 6.60. The van der Waals surface area contributed by atoms with Gasteiger partial charge in [-0.05, 0) is 31.0 Å². The van der Waals surface area contributed by atoms with Crippen molar-refractivity contribution in [2.24, 2.45) is 5.92 Å². The van der Waals surface area contributed by atoms with Crippen LogP contribution in [0.5, 0.6) is 0 Å². The highest BCUT2D eigenvalue weighted by Crippen LogP contribution is 2.30. The molecule has 24 heavy (non-hydrogen) atoms. The maximum Gasteiger partial charge on any atom is 0.303 e. The number of hydrogen-bond donors (Lipinski definition) is 2. The number of nitrogens with one attached hydrogen (secondary N) is 1. The summed E-state index contributed by atoms with van der Waals surface area (Å²) >= 11 is 0. The number of benzene rings is 1. The first-order chi connectivity index (χ1) is 11.2. The van der Waals surface area contributed by atoms with Crippen molar-refractivity contribution < 1.29 is 27.9 Å². The number of carbonyl (C=O) groups is 3. The summed E-state index contributed by atoms with van der Waals surface area (Å²) in [7, 11) is -3.92. The lowest BCUT2D eigenvalue weighted by Crippen LogP contribution is -2.29. The van der Waals surface area contributed by atoms with Crippen LogP contribution in [0.25, 0.3) is 0 Å². The molecule has 1 aromatic carbocycles. The molecule has 2 rings (SSSR count). The Morgan fingerprint density at radius 2 is 2.00 bits per heavy atom. The molecule has 0 saturated heterocycles. The van der Waals surface area contributed by atoms with Gasteiger partial charge in [-0.1, -0.05) is 6.92 Å². The highest BCUT2D eigenvalue weighted by molar-refractivity contribution is 7.90. The van der Waals surface area contributed by atoms with Crippen molar-refractivity contribution in [3.05, 3.63) is 29.3 Å². The molecule has 1 aromatic rings. The van der Waals surface area contributed by atoms with Crippen LogP contribution in [0.4, 0.5) is 0 Å². The standard InChI is InChI=1S/C15H18N2O6S/c1-3-17-15(21)11-5-4-10(7-12(11)24(17,22)23)14(20)16-8-9(2)6-13(18)19/h4-5,7,9H,3,6,8H2,1-2H3,(H,16,20)(H,18,19). The minimum absolute atomic E-state index is 0.0179. The number of carboxylic acid groups (broad SMARTS) is 1. The molecule has 0 aromatic heterocycles. The Morgan fingerprint density at radius 1 is 1.33 bits per heavy atom. The Labute approximate surface area is 139 Å². The van der Waals surface area contributed by atoms with Gasteiger partial charge in [0.25, 0.3) is 21.8 Å². The van der Waals surface area contributed by atoms with Gasteiger partial charge in [0.05, 0.1) is 5.56 Å². The van der Waals surface area contributed by atoms with Gasteiger partial charge in [0.2, 0.25) is 0 Å². The second-order valence-electron chi connectivity index (χ2n) is 5.60. The van der Waals surface area contributed by atoms with Crippen LogP contribution in [-0.4, -0.2) is 48.7 Å². The average Bonchev–Trinajstić information content (AvgIpc) is 2.70. The van der Waals surface area contributed by atoms with Crippen LogP contribution in [0.15, 0.2) is 23.1 Å². The number of carbonyl (C=O) groups excluding carboxylic acids is 2. The summed E-state index contributed by atoms with van der Waals surface area (Å²) in [5, 5.41) is 11.3. The summed E-state index contributed by atoms with van der Waals surface area (Å²) in [5.41, 5.74) is 0.151. The van der Waals surface area contributed by atoms with E-state index in [2.05, 4.69) is 5.32 Å². The molecule has 2 N–H and O–H groups in total. The van der Waals surface area contributed by atoms with E-state index >= 15 is 0 Å². The Balaban J connectivity index is 2.20. The van der Waals surface area contributed by atoms with Gasteiger partial charge in [-0.15, -0.1) is 0 Å². The molecule has 2 amide bonds. The van der Waals surface area contributed by atoms with E-state index in [1.165, 1.54) is 18.2 Å². The topological polar surface area (TPSA) is 121 Å². The van der Waals surface area contributed by atoms with E-state index in [4.69, 9.17) is 5.11 Å². The van der Waals surface area contributed by atoms with Crippen LogP contribution in [0.2, 0.25) is 0 Å². The van der Waals surface area contributed by atoms with Gasteiger partial charge >= 0.3 is 5.97 Å². The molecule has 0 radical (unpaired) electrons. The van der Waals surface area contributed by atoms with Gasteiger partial charge in [0, 0.05) is 25.1 Å². The van der Waals surface area contributed by atoms with Crippen molar-refractivity contribution in [3.8, 4) is 0 Å². The van der Waals surface area contributed by atoms with Crippen LogP contribution in [0.3, 0.4) is 0 Å². The van der Waals surface area contributed by atoms with E-state index in [1.807, 2.05) is 0 Å². The quantitative estimate of drug-likeness (QED) is 0.775. The van der Waals surface area contributed by atoms with Gasteiger partial charge in [-0.3, -0.25) is 14.4 Å². The van der Waals surface area contributed by atoms with Crippen LogP contribution in [-0.2, 0) is 14.8 Å². The van der Waals surface area contributed by atoms with Crippen molar-refractivity contribution in [1.29, 1.82) is 0 Å². The average molecular weight is 354 g/mol. The lowest BCUT2D eigenvalue weighted by atomic mass is 10.1. The molecule has 0 fully saturated rings. The lowest BCUT2D eigenvalue weighted by Gasteiger charge is -2.11. The van der Waals surface area contributed by atoms with E-state index in [1.54, 1.807) is 13.8 Å². The molecule has 9 heteroatoms. The van der Waals surface area contributed by atoms with Crippen LogP contribution in [0, 0.1) is 5.92 Å². The molecule has 1 aliphatic heterocycles. The number of carboxylic acids is 1. The highest BCUT2D eigenvalue weighted by Gasteiger charge is 2.40. The molecule has 8 nitrogen and oxygen atoms in total. The predicted octanol–water partition coefficient (Wildman–Crippen LogP) is 0.692. The SMILES string of the molecule is CCN1C(=O)c2ccc(C(=O)NCC(C)CC(=O)O)cc2S1(=O)=O. The molecular weight excluding hydrogens is 336 g/mol. The Kier molecular flexibility index (Phi) is 4.93. The van der Waals surface area contributed by atoms with E-state index in [0.717, 1.165) is 4.31 Å². The maximum atomic E-state index is 12.3. The van der Waals surface area contributed by atoms with Gasteiger partial charge in [-0.2, -0.15) is 0 Å². The summed E-state index contributed by atoms with van der Waals surface area (Å²) < 4.78 is 25.4. The van der Waals surface area contributed by atoms with Gasteiger partial charge in [0.15, 0.2) is 0 Å². The first kappa shape index (κ1) is 17.9. The summed E-state index contributed by atoms with van der Waals surface area (Å²) in [6.45, 7) is 3.40. The Hall–Kier alpha value is -2.42. The van der Waals surface area contributed by atoms with Crippen molar-refractivity contribution in [3.63, 3.8) is 0 Å². The van der Waals surface area contributed by atoms with Crippen LogP contribution in [0.1, 0.15) is 41.0 Å². The smallest absolute Gasteiger partial charge is 0.303 e. The van der Waals surface area contributed by atoms with Crippen LogP contribution >= 0.6 is 0 Å². The van der Waals surface area contributed by atoms with E-state index in [9.17, 15) is 22.8 Å². The first-order valence-corrected chi connectivity index (χ1v) is 8.83. The summed E-state index contributed by atoms with van der Waals surface area (Å²) in [6, 6.07) is 3.87. The van der Waals surface area contributed by atoms with Crippen molar-refractivity contribution in [1.82, 2.24) is 9.62 Å². The largest absolute Gasteiger partial charge is 0.481 e. The lowest BCUT2D eigenvalue weighted by molar-refractivity contribution is -0.137. The number of amides is 2. The molecule has 1 unspecified atom stereocenters. The molecule has 1 aliphatic rings. The minimum atomic E-state index is -3.92. The molecular formula is C15H18N2O6S. The number of hydrogen-bond acceptors (Lipinski definition) is 5. The summed E-state index contributed by atoms with van der Waals surface area (Å²) in [6.07, 6.45) is -0.0845. The number of sulfonamides is 1. The normalized spacial score (nSPS) is 16.6. The Morgan fingerprint density at radius 3 is 2.58 bits per heavy atom. The van der Waals surface area contributed by atoms with Crippen LogP contribution < -0.4 is 5.32 Å². The monoisotopic (exact) mass is 354 g/mol. The highest BCUT2D eigenvalue weighted by atomic mass is 32.2. The van der Waals surface area contributed by atoms with Gasteiger partial charge in [-0.25, -0.2) is 12.7 Å². The molecule has 130 valence electrons. The molecule has 0 spiro atoms. The van der Waals surface area contributed by atoms with Crippen molar-refractivity contribution in [2.45, 2.75) is 25.2 Å². The van der Waals surface area contributed by atoms with Crippen molar-refractivity contribution >= 4 is 27.8 Å². The fraction of sp³-hybridized carbons (Fsp3) is 0.400. The number of aliphatic carboxylic acids is 1. The number of nitrogens with zero attached hydrogens (tertiary/aromatic N) is 1. The third-order valence-electron chi connectivity index (χ3n) is 3.69. The number of rotatable bonds is 6.